The molecule has 3 aromatic carbocycles. The molecule has 0 saturated heterocycles. The van der Waals surface area contributed by atoms with E-state index in [-0.39, 0.29) is 0 Å². The Kier molecular flexibility index (Phi) is 8.16. The first-order valence-electron chi connectivity index (χ1n) is 8.58. The number of nitrogen functional groups attached to an aromatic ring is 1. The second kappa shape index (κ2) is 10.6. The molecule has 0 radical (unpaired) electrons. The number of carbonyl (C=O) groups is 2. The Labute approximate surface area is 214 Å². The first-order valence-corrected chi connectivity index (χ1v) is 11.8. The highest BCUT2D eigenvalue weighted by atomic mass is 127. The third-order valence-corrected chi connectivity index (χ3v) is 6.74. The minimum Gasteiger partial charge on any atom is -0.455 e. The van der Waals surface area contributed by atoms with E-state index >= 15 is 0 Å². The maximum Gasteiger partial charge on any atom is 0.340 e. The number of carbonyl (C=O) groups excluding carboxylic acids is 2. The lowest BCUT2D eigenvalue weighted by molar-refractivity contribution is -0.119. The van der Waals surface area contributed by atoms with Crippen LogP contribution < -0.4 is 15.8 Å². The Morgan fingerprint density at radius 1 is 0.933 bits per heavy atom. The number of anilines is 2. The molecule has 1 amide bonds. The van der Waals surface area contributed by atoms with Crippen molar-refractivity contribution < 1.29 is 19.1 Å². The van der Waals surface area contributed by atoms with Crippen molar-refractivity contribution in [1.29, 1.82) is 0 Å². The van der Waals surface area contributed by atoms with Crippen LogP contribution in [0.15, 0.2) is 60.7 Å². The van der Waals surface area contributed by atoms with Gasteiger partial charge in [0.25, 0.3) is 5.91 Å². The fourth-order valence-corrected chi connectivity index (χ4v) is 6.27. The van der Waals surface area contributed by atoms with Crippen LogP contribution in [-0.2, 0) is 9.53 Å². The summed E-state index contributed by atoms with van der Waals surface area (Å²) in [6.45, 7) is -0.434. The topological polar surface area (TPSA) is 90.7 Å². The van der Waals surface area contributed by atoms with Crippen LogP contribution in [0, 0.1) is 10.7 Å². The molecule has 9 heteroatoms. The van der Waals surface area contributed by atoms with Crippen molar-refractivity contribution in [2.75, 3.05) is 17.7 Å². The SMILES string of the molecule is Nc1c(I)cc(I)c(C(=O)OCC(=O)Nc2ccccc2Oc2ccccc2)c1I. The van der Waals surface area contributed by atoms with Crippen molar-refractivity contribution in [2.45, 2.75) is 0 Å². The molecule has 0 saturated carbocycles. The Hall–Kier alpha value is -1.61. The van der Waals surface area contributed by atoms with Crippen molar-refractivity contribution in [3.05, 3.63) is 76.9 Å². The summed E-state index contributed by atoms with van der Waals surface area (Å²) in [4.78, 5) is 24.9. The van der Waals surface area contributed by atoms with Gasteiger partial charge in [-0.15, -0.1) is 0 Å². The Bertz CT molecular complexity index is 1090. The van der Waals surface area contributed by atoms with Gasteiger partial charge in [-0.05, 0) is 98.1 Å². The van der Waals surface area contributed by atoms with Gasteiger partial charge in [-0.2, -0.15) is 0 Å². The summed E-state index contributed by atoms with van der Waals surface area (Å²) in [6, 6.07) is 18.1. The fourth-order valence-electron chi connectivity index (χ4n) is 2.46. The van der Waals surface area contributed by atoms with Crippen molar-refractivity contribution in [1.82, 2.24) is 0 Å². The Morgan fingerprint density at radius 2 is 1.60 bits per heavy atom. The van der Waals surface area contributed by atoms with Crippen LogP contribution in [0.4, 0.5) is 11.4 Å². The van der Waals surface area contributed by atoms with Crippen LogP contribution in [0.3, 0.4) is 0 Å². The predicted octanol–water partition coefficient (Wildman–Crippen LogP) is 5.67. The maximum absolute atomic E-state index is 12.5. The number of rotatable bonds is 6. The van der Waals surface area contributed by atoms with E-state index in [2.05, 4.69) is 50.5 Å². The standard InChI is InChI=1S/C21H15I3N2O4/c22-13-10-14(23)20(25)19(24)18(13)21(28)29-11-17(27)26-15-8-4-5-9-16(15)30-12-6-2-1-3-7-12/h1-10H,11,25H2,(H,26,27). The summed E-state index contributed by atoms with van der Waals surface area (Å²) in [5.74, 6) is 0.0517. The van der Waals surface area contributed by atoms with Crippen molar-refractivity contribution in [3.63, 3.8) is 0 Å². The van der Waals surface area contributed by atoms with E-state index < -0.39 is 18.5 Å². The molecule has 30 heavy (non-hydrogen) atoms. The molecular weight excluding hydrogens is 725 g/mol. The lowest BCUT2D eigenvalue weighted by Gasteiger charge is -2.13. The minimum atomic E-state index is -0.601. The van der Waals surface area contributed by atoms with Gasteiger partial charge >= 0.3 is 5.97 Å². The zero-order chi connectivity index (χ0) is 21.7. The van der Waals surface area contributed by atoms with Crippen LogP contribution >= 0.6 is 67.8 Å². The van der Waals surface area contributed by atoms with E-state index in [1.165, 1.54) is 0 Å². The number of amides is 1. The number of nitrogens with one attached hydrogen (secondary N) is 1. The molecule has 0 aromatic heterocycles. The second-order valence-corrected chi connectivity index (χ2v) is 9.38. The molecule has 0 fully saturated rings. The van der Waals surface area contributed by atoms with E-state index in [9.17, 15) is 9.59 Å². The van der Waals surface area contributed by atoms with Gasteiger partial charge in [0.2, 0.25) is 0 Å². The van der Waals surface area contributed by atoms with Gasteiger partial charge in [0.15, 0.2) is 12.4 Å². The van der Waals surface area contributed by atoms with Gasteiger partial charge in [-0.3, -0.25) is 4.79 Å². The number of nitrogens with two attached hydrogens (primary N) is 1. The number of halogens is 3. The molecule has 154 valence electrons. The van der Waals surface area contributed by atoms with Gasteiger partial charge in [-0.25, -0.2) is 4.79 Å². The molecule has 0 atom stereocenters. The molecule has 6 nitrogen and oxygen atoms in total. The molecule has 0 unspecified atom stereocenters. The largest absolute Gasteiger partial charge is 0.455 e. The molecule has 3 N–H and O–H groups in total. The zero-order valence-electron chi connectivity index (χ0n) is 15.3. The molecule has 0 aliphatic carbocycles. The van der Waals surface area contributed by atoms with Crippen molar-refractivity contribution >= 4 is 91.0 Å². The number of hydrogen-bond donors (Lipinski definition) is 2. The number of ether oxygens (including phenoxy) is 2. The first kappa shape index (κ1) is 23.1. The van der Waals surface area contributed by atoms with Crippen LogP contribution in [-0.4, -0.2) is 18.5 Å². The van der Waals surface area contributed by atoms with Gasteiger partial charge in [0, 0.05) is 7.14 Å². The van der Waals surface area contributed by atoms with Crippen molar-refractivity contribution in [2.24, 2.45) is 0 Å². The summed E-state index contributed by atoms with van der Waals surface area (Å²) in [5.41, 5.74) is 7.36. The molecule has 0 heterocycles. The van der Waals surface area contributed by atoms with E-state index in [1.54, 1.807) is 30.3 Å². The zero-order valence-corrected chi connectivity index (χ0v) is 21.8. The smallest absolute Gasteiger partial charge is 0.340 e. The highest BCUT2D eigenvalue weighted by molar-refractivity contribution is 14.1. The first-order chi connectivity index (χ1) is 14.4. The van der Waals surface area contributed by atoms with Crippen LogP contribution in [0.1, 0.15) is 10.4 Å². The monoisotopic (exact) mass is 740 g/mol. The van der Waals surface area contributed by atoms with Gasteiger partial charge in [0.1, 0.15) is 5.75 Å². The molecule has 0 bridgehead atoms. The van der Waals surface area contributed by atoms with Crippen LogP contribution in [0.2, 0.25) is 0 Å². The highest BCUT2D eigenvalue weighted by Gasteiger charge is 2.21. The number of esters is 1. The number of benzene rings is 3. The maximum atomic E-state index is 12.5. The van der Waals surface area contributed by atoms with Crippen LogP contribution in [0.25, 0.3) is 0 Å². The summed E-state index contributed by atoms with van der Waals surface area (Å²) < 4.78 is 13.2. The average Bonchev–Trinajstić information content (AvgIpc) is 2.73. The minimum absolute atomic E-state index is 0.356. The van der Waals surface area contributed by atoms with Gasteiger partial charge < -0.3 is 20.5 Å². The fraction of sp³-hybridized carbons (Fsp3) is 0.0476. The highest BCUT2D eigenvalue weighted by Crippen LogP contribution is 2.31. The molecule has 3 aromatic rings. The van der Waals surface area contributed by atoms with Crippen LogP contribution in [0.5, 0.6) is 11.5 Å². The molecule has 3 rings (SSSR count). The third-order valence-electron chi connectivity index (χ3n) is 3.88. The Morgan fingerprint density at radius 3 is 2.33 bits per heavy atom. The Balaban J connectivity index is 1.66. The summed E-state index contributed by atoms with van der Waals surface area (Å²) >= 11 is 6.17. The third kappa shape index (κ3) is 5.75. The van der Waals surface area contributed by atoms with Crippen molar-refractivity contribution in [3.8, 4) is 11.5 Å². The summed E-state index contributed by atoms with van der Waals surface area (Å²) in [6.07, 6.45) is 0. The van der Waals surface area contributed by atoms with E-state index in [4.69, 9.17) is 15.2 Å². The average molecular weight is 740 g/mol. The number of hydrogen-bond acceptors (Lipinski definition) is 5. The summed E-state index contributed by atoms with van der Waals surface area (Å²) in [7, 11) is 0. The van der Waals surface area contributed by atoms with E-state index in [1.807, 2.05) is 52.9 Å². The summed E-state index contributed by atoms with van der Waals surface area (Å²) in [5, 5.41) is 2.72. The van der Waals surface area contributed by atoms with Gasteiger partial charge in [0.05, 0.1) is 20.5 Å². The molecule has 0 aliphatic rings. The quantitative estimate of drug-likeness (QED) is 0.193. The van der Waals surface area contributed by atoms with E-state index in [0.29, 0.717) is 35.6 Å². The molecule has 0 spiro atoms. The van der Waals surface area contributed by atoms with E-state index in [0.717, 1.165) is 3.57 Å². The lowest BCUT2D eigenvalue weighted by atomic mass is 10.2. The molecular formula is C21H15I3N2O4. The predicted molar refractivity (Wildman–Crippen MR) is 141 cm³/mol. The van der Waals surface area contributed by atoms with Gasteiger partial charge in [-0.1, -0.05) is 30.3 Å². The lowest BCUT2D eigenvalue weighted by Crippen LogP contribution is -2.22. The normalized spacial score (nSPS) is 10.4. The number of para-hydroxylation sites is 3. The molecule has 0 aliphatic heterocycles. The second-order valence-electron chi connectivity index (χ2n) is 5.98.